The van der Waals surface area contributed by atoms with E-state index in [0.717, 1.165) is 61.3 Å². The molecule has 7 heteroatoms. The number of carbonyl (C=O) groups is 1. The smallest absolute Gasteiger partial charge is 0.251 e. The van der Waals surface area contributed by atoms with Gasteiger partial charge in [-0.3, -0.25) is 4.79 Å². The first-order valence-corrected chi connectivity index (χ1v) is 14.2. The number of carbonyl (C=O) groups excluding carboxylic acids is 1. The molecule has 0 fully saturated rings. The molecule has 0 saturated carbocycles. The Morgan fingerprint density at radius 3 is 2.46 bits per heavy atom. The molecule has 0 bridgehead atoms. The Morgan fingerprint density at radius 1 is 0.805 bits per heavy atom. The number of fused-ring (bicyclic) bond motifs is 2. The number of amides is 1. The van der Waals surface area contributed by atoms with Crippen molar-refractivity contribution in [3.05, 3.63) is 96.3 Å². The Bertz CT molecular complexity index is 1610. The van der Waals surface area contributed by atoms with Crippen molar-refractivity contribution in [2.24, 2.45) is 0 Å². The highest BCUT2D eigenvalue weighted by Gasteiger charge is 2.12. The number of hydrogen-bond acceptors (Lipinski definition) is 5. The summed E-state index contributed by atoms with van der Waals surface area (Å²) in [5, 5.41) is 5.41. The Kier molecular flexibility index (Phi) is 9.37. The van der Waals surface area contributed by atoms with Gasteiger partial charge in [0.2, 0.25) is 0 Å². The second-order valence-electron chi connectivity index (χ2n) is 10.0. The zero-order chi connectivity index (χ0) is 28.4. The Labute approximate surface area is 241 Å². The average Bonchev–Trinajstić information content (AvgIpc) is 3.37. The maximum absolute atomic E-state index is 12.6. The number of unbranched alkanes of at least 4 members (excludes halogenated alkanes) is 2. The number of aromatic nitrogens is 2. The summed E-state index contributed by atoms with van der Waals surface area (Å²) < 4.78 is 19.0. The Morgan fingerprint density at radius 2 is 1.61 bits per heavy atom. The number of hydrogen-bond donors (Lipinski definition) is 1. The molecular weight excluding hydrogens is 514 g/mol. The normalized spacial score (nSPS) is 11.1. The molecule has 1 amide bonds. The third-order valence-electron chi connectivity index (χ3n) is 7.26. The van der Waals surface area contributed by atoms with E-state index in [1.54, 1.807) is 32.4 Å². The molecule has 0 aliphatic heterocycles. The molecule has 1 N–H and O–H groups in total. The summed E-state index contributed by atoms with van der Waals surface area (Å²) >= 11 is 0. The molecule has 0 radical (unpaired) electrons. The van der Waals surface area contributed by atoms with Crippen LogP contribution in [0.3, 0.4) is 0 Å². The molecule has 4 aromatic carbocycles. The lowest BCUT2D eigenvalue weighted by Crippen LogP contribution is -2.24. The number of para-hydroxylation sites is 2. The Balaban J connectivity index is 1.09. The zero-order valence-electron chi connectivity index (χ0n) is 23.8. The molecule has 5 rings (SSSR count). The predicted molar refractivity (Wildman–Crippen MR) is 163 cm³/mol. The summed E-state index contributed by atoms with van der Waals surface area (Å²) in [5.74, 6) is 3.04. The van der Waals surface area contributed by atoms with Crippen molar-refractivity contribution in [3.63, 3.8) is 0 Å². The van der Waals surface area contributed by atoms with Crippen LogP contribution in [-0.4, -0.2) is 42.8 Å². The molecule has 0 atom stereocenters. The van der Waals surface area contributed by atoms with Crippen LogP contribution in [0.15, 0.2) is 84.9 Å². The lowest BCUT2D eigenvalue weighted by atomic mass is 10.1. The van der Waals surface area contributed by atoms with E-state index in [0.29, 0.717) is 30.2 Å². The predicted octanol–water partition coefficient (Wildman–Crippen LogP) is 6.82. The number of rotatable bonds is 14. The van der Waals surface area contributed by atoms with Gasteiger partial charge in [0.25, 0.3) is 5.91 Å². The van der Waals surface area contributed by atoms with Crippen LogP contribution >= 0.6 is 0 Å². The van der Waals surface area contributed by atoms with Crippen molar-refractivity contribution in [1.29, 1.82) is 0 Å². The number of benzene rings is 4. The number of ether oxygens (including phenoxy) is 3. The van der Waals surface area contributed by atoms with E-state index in [4.69, 9.17) is 19.2 Å². The van der Waals surface area contributed by atoms with Crippen molar-refractivity contribution >= 4 is 27.7 Å². The van der Waals surface area contributed by atoms with Gasteiger partial charge in [0, 0.05) is 25.1 Å². The third kappa shape index (κ3) is 6.98. The highest BCUT2D eigenvalue weighted by atomic mass is 16.5. The van der Waals surface area contributed by atoms with Gasteiger partial charge in [0.15, 0.2) is 11.5 Å². The zero-order valence-corrected chi connectivity index (χ0v) is 23.8. The van der Waals surface area contributed by atoms with Gasteiger partial charge in [-0.2, -0.15) is 0 Å². The summed E-state index contributed by atoms with van der Waals surface area (Å²) in [7, 11) is 3.14. The summed E-state index contributed by atoms with van der Waals surface area (Å²) in [6, 6.07) is 28.1. The molecule has 1 heterocycles. The number of imidazole rings is 1. The van der Waals surface area contributed by atoms with E-state index in [1.807, 2.05) is 18.2 Å². The van der Waals surface area contributed by atoms with Gasteiger partial charge in [-0.1, -0.05) is 48.9 Å². The second kappa shape index (κ2) is 13.7. The minimum atomic E-state index is -0.112. The fourth-order valence-electron chi connectivity index (χ4n) is 5.10. The molecule has 0 unspecified atom stereocenters. The Hall–Kier alpha value is -4.52. The molecule has 212 valence electrons. The largest absolute Gasteiger partial charge is 0.494 e. The molecule has 0 aliphatic rings. The second-order valence-corrected chi connectivity index (χ2v) is 10.0. The van der Waals surface area contributed by atoms with Crippen LogP contribution in [0, 0.1) is 0 Å². The third-order valence-corrected chi connectivity index (χ3v) is 7.26. The van der Waals surface area contributed by atoms with Gasteiger partial charge < -0.3 is 24.1 Å². The van der Waals surface area contributed by atoms with Crippen LogP contribution in [-0.2, 0) is 13.0 Å². The summed E-state index contributed by atoms with van der Waals surface area (Å²) in [4.78, 5) is 17.5. The quantitative estimate of drug-likeness (QED) is 0.153. The fourth-order valence-corrected chi connectivity index (χ4v) is 5.10. The SMILES string of the molecule is COc1ccc(C(=O)NCCCCCc2nc3ccccc3n2CCCOc2ccc3ccccc3c2)cc1OC. The van der Waals surface area contributed by atoms with Crippen LogP contribution in [0.25, 0.3) is 21.8 Å². The summed E-state index contributed by atoms with van der Waals surface area (Å²) in [5.41, 5.74) is 2.75. The summed E-state index contributed by atoms with van der Waals surface area (Å²) in [6.45, 7) is 2.12. The van der Waals surface area contributed by atoms with Crippen LogP contribution in [0.1, 0.15) is 41.9 Å². The number of aryl methyl sites for hydroxylation is 2. The van der Waals surface area contributed by atoms with Crippen molar-refractivity contribution in [1.82, 2.24) is 14.9 Å². The van der Waals surface area contributed by atoms with Gasteiger partial charge in [-0.05, 0) is 72.5 Å². The van der Waals surface area contributed by atoms with Gasteiger partial charge in [-0.25, -0.2) is 4.98 Å². The summed E-state index contributed by atoms with van der Waals surface area (Å²) in [6.07, 6.45) is 4.69. The minimum absolute atomic E-state index is 0.112. The highest BCUT2D eigenvalue weighted by Crippen LogP contribution is 2.27. The molecule has 0 saturated heterocycles. The minimum Gasteiger partial charge on any atom is -0.494 e. The number of nitrogens with one attached hydrogen (secondary N) is 1. The maximum Gasteiger partial charge on any atom is 0.251 e. The first-order chi connectivity index (χ1) is 20.2. The lowest BCUT2D eigenvalue weighted by molar-refractivity contribution is 0.0952. The van der Waals surface area contributed by atoms with Crippen LogP contribution in [0.4, 0.5) is 0 Å². The van der Waals surface area contributed by atoms with Gasteiger partial charge >= 0.3 is 0 Å². The highest BCUT2D eigenvalue weighted by molar-refractivity contribution is 5.94. The van der Waals surface area contributed by atoms with Crippen LogP contribution in [0.2, 0.25) is 0 Å². The van der Waals surface area contributed by atoms with Crippen molar-refractivity contribution in [3.8, 4) is 17.2 Å². The first-order valence-electron chi connectivity index (χ1n) is 14.2. The monoisotopic (exact) mass is 551 g/mol. The molecule has 41 heavy (non-hydrogen) atoms. The molecule has 0 aliphatic carbocycles. The topological polar surface area (TPSA) is 74.6 Å². The van der Waals surface area contributed by atoms with E-state index in [-0.39, 0.29) is 5.91 Å². The van der Waals surface area contributed by atoms with Crippen LogP contribution in [0.5, 0.6) is 17.2 Å². The molecule has 1 aromatic heterocycles. The number of nitrogens with zero attached hydrogens (tertiary/aromatic N) is 2. The molecule has 5 aromatic rings. The average molecular weight is 552 g/mol. The van der Waals surface area contributed by atoms with E-state index in [1.165, 1.54) is 10.8 Å². The van der Waals surface area contributed by atoms with Crippen molar-refractivity contribution < 1.29 is 19.0 Å². The van der Waals surface area contributed by atoms with E-state index < -0.39 is 0 Å². The standard InChI is InChI=1S/C34H37N3O4/c1-39-31-19-17-27(24-32(31)40-2)34(38)35-20-9-3-4-15-33-36-29-13-7-8-14-30(29)37(33)21-10-22-41-28-18-16-25-11-5-6-12-26(25)23-28/h5-8,11-14,16-19,23-24H,3-4,9-10,15,20-22H2,1-2H3,(H,35,38). The van der Waals surface area contributed by atoms with Crippen molar-refractivity contribution in [2.75, 3.05) is 27.4 Å². The first kappa shape index (κ1) is 28.0. The molecule has 7 nitrogen and oxygen atoms in total. The fraction of sp³-hybridized carbons (Fsp3) is 0.294. The van der Waals surface area contributed by atoms with E-state index >= 15 is 0 Å². The van der Waals surface area contributed by atoms with Gasteiger partial charge in [0.1, 0.15) is 11.6 Å². The van der Waals surface area contributed by atoms with Crippen LogP contribution < -0.4 is 19.5 Å². The lowest BCUT2D eigenvalue weighted by Gasteiger charge is -2.11. The van der Waals surface area contributed by atoms with Crippen molar-refractivity contribution in [2.45, 2.75) is 38.6 Å². The van der Waals surface area contributed by atoms with E-state index in [9.17, 15) is 4.79 Å². The van der Waals surface area contributed by atoms with E-state index in [2.05, 4.69) is 58.4 Å². The van der Waals surface area contributed by atoms with Gasteiger partial charge in [-0.15, -0.1) is 0 Å². The molecule has 0 spiro atoms. The maximum atomic E-state index is 12.6. The van der Waals surface area contributed by atoms with Gasteiger partial charge in [0.05, 0.1) is 31.9 Å². The number of methoxy groups -OCH3 is 2. The molecular formula is C34H37N3O4.